The average molecular weight is 476 g/mol. The standard InChI is InChI=1S/C23H28N2O9/c1-31-18-8-14(9-19(32-2)22(18)30)16(11-20(28)33-3)23-21(29)17(27)10-15(34-23)12-24-4-6-25(13-26)7-5-24/h8-10,13,16,29-30H,4-7,11-12H2,1-3H3/t16-/m1/s1. The van der Waals surface area contributed by atoms with E-state index in [0.29, 0.717) is 37.5 Å². The lowest BCUT2D eigenvalue weighted by Gasteiger charge is -2.32. The van der Waals surface area contributed by atoms with E-state index in [0.717, 1.165) is 6.41 Å². The number of piperazine rings is 1. The molecule has 0 unspecified atom stereocenters. The van der Waals surface area contributed by atoms with E-state index in [1.807, 2.05) is 4.90 Å². The first-order valence-corrected chi connectivity index (χ1v) is 10.6. The van der Waals surface area contributed by atoms with Crippen LogP contribution in [0, 0.1) is 0 Å². The van der Waals surface area contributed by atoms with Crippen molar-refractivity contribution in [2.75, 3.05) is 47.5 Å². The molecular formula is C23H28N2O9. The highest BCUT2D eigenvalue weighted by molar-refractivity contribution is 5.71. The summed E-state index contributed by atoms with van der Waals surface area (Å²) in [6.07, 6.45) is 0.541. The van der Waals surface area contributed by atoms with Gasteiger partial charge in [-0.3, -0.25) is 19.3 Å². The van der Waals surface area contributed by atoms with Gasteiger partial charge in [-0.25, -0.2) is 0 Å². The number of nitrogens with zero attached hydrogens (tertiary/aromatic N) is 2. The molecule has 3 rings (SSSR count). The molecular weight excluding hydrogens is 448 g/mol. The minimum Gasteiger partial charge on any atom is -0.502 e. The van der Waals surface area contributed by atoms with Crippen LogP contribution in [0.15, 0.2) is 27.4 Å². The summed E-state index contributed by atoms with van der Waals surface area (Å²) in [5, 5.41) is 20.9. The molecule has 2 N–H and O–H groups in total. The Kier molecular flexibility index (Phi) is 8.00. The van der Waals surface area contributed by atoms with Gasteiger partial charge in [0, 0.05) is 32.2 Å². The highest BCUT2D eigenvalue weighted by Gasteiger charge is 2.29. The number of esters is 1. The zero-order chi connectivity index (χ0) is 24.8. The Bertz CT molecular complexity index is 1070. The Morgan fingerprint density at radius 1 is 1.06 bits per heavy atom. The van der Waals surface area contributed by atoms with Crippen molar-refractivity contribution in [2.24, 2.45) is 0 Å². The fourth-order valence-electron chi connectivity index (χ4n) is 3.84. The number of hydrogen-bond acceptors (Lipinski definition) is 10. The minimum atomic E-state index is -0.935. The lowest BCUT2D eigenvalue weighted by molar-refractivity contribution is -0.141. The Morgan fingerprint density at radius 2 is 1.68 bits per heavy atom. The molecule has 11 heteroatoms. The van der Waals surface area contributed by atoms with Crippen LogP contribution in [0.5, 0.6) is 23.0 Å². The Morgan fingerprint density at radius 3 is 2.21 bits per heavy atom. The quantitative estimate of drug-likeness (QED) is 0.399. The largest absolute Gasteiger partial charge is 0.502 e. The molecule has 1 saturated heterocycles. The van der Waals surface area contributed by atoms with E-state index < -0.39 is 23.1 Å². The lowest BCUT2D eigenvalue weighted by atomic mass is 9.91. The van der Waals surface area contributed by atoms with Crippen LogP contribution in [-0.4, -0.2) is 79.9 Å². The summed E-state index contributed by atoms with van der Waals surface area (Å²) < 4.78 is 21.2. The van der Waals surface area contributed by atoms with Crippen LogP contribution >= 0.6 is 0 Å². The Hall–Kier alpha value is -3.73. The molecule has 1 atom stereocenters. The number of amides is 1. The van der Waals surface area contributed by atoms with Gasteiger partial charge in [0.1, 0.15) is 5.76 Å². The molecule has 1 aromatic heterocycles. The maximum atomic E-state index is 12.6. The third-order valence-corrected chi connectivity index (χ3v) is 5.75. The van der Waals surface area contributed by atoms with Crippen molar-refractivity contribution < 1.29 is 38.4 Å². The second-order valence-corrected chi connectivity index (χ2v) is 7.81. The molecule has 2 heterocycles. The van der Waals surface area contributed by atoms with E-state index in [-0.39, 0.29) is 36.0 Å². The second-order valence-electron chi connectivity index (χ2n) is 7.81. The van der Waals surface area contributed by atoms with Crippen LogP contribution in [0.25, 0.3) is 0 Å². The number of phenolic OH excluding ortho intramolecular Hbond substituents is 1. The summed E-state index contributed by atoms with van der Waals surface area (Å²) in [4.78, 5) is 39.4. The lowest BCUT2D eigenvalue weighted by Crippen LogP contribution is -2.45. The van der Waals surface area contributed by atoms with Gasteiger partial charge < -0.3 is 33.7 Å². The Labute approximate surface area is 196 Å². The number of benzene rings is 1. The third kappa shape index (κ3) is 5.42. The number of aromatic hydroxyl groups is 2. The van der Waals surface area contributed by atoms with Crippen LogP contribution in [-0.2, 0) is 20.9 Å². The molecule has 0 aliphatic carbocycles. The average Bonchev–Trinajstić information content (AvgIpc) is 2.85. The van der Waals surface area contributed by atoms with Gasteiger partial charge >= 0.3 is 5.97 Å². The van der Waals surface area contributed by atoms with Gasteiger partial charge in [0.05, 0.1) is 40.2 Å². The van der Waals surface area contributed by atoms with E-state index in [2.05, 4.69) is 0 Å². The predicted molar refractivity (Wildman–Crippen MR) is 119 cm³/mol. The van der Waals surface area contributed by atoms with Crippen LogP contribution in [0.1, 0.15) is 29.4 Å². The summed E-state index contributed by atoms with van der Waals surface area (Å²) in [7, 11) is 3.94. The molecule has 1 amide bonds. The maximum absolute atomic E-state index is 12.6. The van der Waals surface area contributed by atoms with Crippen molar-refractivity contribution in [3.8, 4) is 23.0 Å². The molecule has 1 aliphatic rings. The zero-order valence-electron chi connectivity index (χ0n) is 19.3. The molecule has 1 aromatic carbocycles. The molecule has 1 fully saturated rings. The van der Waals surface area contributed by atoms with Gasteiger partial charge in [-0.2, -0.15) is 0 Å². The molecule has 0 spiro atoms. The number of carbonyl (C=O) groups is 2. The summed E-state index contributed by atoms with van der Waals surface area (Å²) in [6, 6.07) is 4.14. The summed E-state index contributed by atoms with van der Waals surface area (Å²) in [5.74, 6) is -2.07. The number of phenols is 1. The van der Waals surface area contributed by atoms with E-state index in [4.69, 9.17) is 18.6 Å². The van der Waals surface area contributed by atoms with E-state index in [1.165, 1.54) is 39.5 Å². The van der Waals surface area contributed by atoms with Crippen molar-refractivity contribution >= 4 is 12.4 Å². The third-order valence-electron chi connectivity index (χ3n) is 5.75. The fraction of sp³-hybridized carbons (Fsp3) is 0.435. The number of rotatable bonds is 9. The number of hydrogen-bond donors (Lipinski definition) is 2. The maximum Gasteiger partial charge on any atom is 0.306 e. The first-order chi connectivity index (χ1) is 16.3. The number of methoxy groups -OCH3 is 3. The van der Waals surface area contributed by atoms with Gasteiger partial charge in [-0.05, 0) is 17.7 Å². The van der Waals surface area contributed by atoms with Crippen molar-refractivity contribution in [3.05, 3.63) is 45.5 Å². The van der Waals surface area contributed by atoms with Crippen LogP contribution in [0.3, 0.4) is 0 Å². The molecule has 34 heavy (non-hydrogen) atoms. The van der Waals surface area contributed by atoms with Gasteiger partial charge in [0.2, 0.25) is 23.3 Å². The zero-order valence-corrected chi connectivity index (χ0v) is 19.3. The molecule has 2 aromatic rings. The number of carbonyl (C=O) groups excluding carboxylic acids is 2. The van der Waals surface area contributed by atoms with Crippen LogP contribution < -0.4 is 14.9 Å². The summed E-state index contributed by atoms with van der Waals surface area (Å²) in [5.41, 5.74) is -0.262. The van der Waals surface area contributed by atoms with Gasteiger partial charge in [-0.1, -0.05) is 0 Å². The first-order valence-electron chi connectivity index (χ1n) is 10.6. The molecule has 11 nitrogen and oxygen atoms in total. The van der Waals surface area contributed by atoms with Crippen LogP contribution in [0.4, 0.5) is 0 Å². The van der Waals surface area contributed by atoms with Crippen molar-refractivity contribution in [1.29, 1.82) is 0 Å². The van der Waals surface area contributed by atoms with Crippen LogP contribution in [0.2, 0.25) is 0 Å². The van der Waals surface area contributed by atoms with E-state index in [1.54, 1.807) is 4.90 Å². The molecule has 0 bridgehead atoms. The molecule has 0 radical (unpaired) electrons. The van der Waals surface area contributed by atoms with E-state index >= 15 is 0 Å². The van der Waals surface area contributed by atoms with Gasteiger partial charge in [0.15, 0.2) is 17.3 Å². The highest BCUT2D eigenvalue weighted by Crippen LogP contribution is 2.42. The molecule has 184 valence electrons. The predicted octanol–water partition coefficient (Wildman–Crippen LogP) is 1.04. The highest BCUT2D eigenvalue weighted by atomic mass is 16.5. The monoisotopic (exact) mass is 476 g/mol. The Balaban J connectivity index is 2.04. The van der Waals surface area contributed by atoms with Crippen molar-refractivity contribution in [1.82, 2.24) is 9.80 Å². The minimum absolute atomic E-state index is 0.0789. The molecule has 0 saturated carbocycles. The topological polar surface area (TPSA) is 139 Å². The van der Waals surface area contributed by atoms with Gasteiger partial charge in [-0.15, -0.1) is 0 Å². The molecule has 1 aliphatic heterocycles. The normalized spacial score (nSPS) is 15.0. The first kappa shape index (κ1) is 24.9. The number of ether oxygens (including phenoxy) is 3. The SMILES string of the molecule is COC(=O)C[C@H](c1cc(OC)c(O)c(OC)c1)c1oc(CN2CCN(C=O)CC2)cc(=O)c1O. The van der Waals surface area contributed by atoms with Crippen molar-refractivity contribution in [3.63, 3.8) is 0 Å². The summed E-state index contributed by atoms with van der Waals surface area (Å²) >= 11 is 0. The summed E-state index contributed by atoms with van der Waals surface area (Å²) in [6.45, 7) is 2.57. The van der Waals surface area contributed by atoms with Gasteiger partial charge in [0.25, 0.3) is 0 Å². The van der Waals surface area contributed by atoms with E-state index in [9.17, 15) is 24.6 Å². The fourth-order valence-corrected chi connectivity index (χ4v) is 3.84. The van der Waals surface area contributed by atoms with Crippen molar-refractivity contribution in [2.45, 2.75) is 18.9 Å². The second kappa shape index (κ2) is 10.9. The smallest absolute Gasteiger partial charge is 0.306 e.